The number of hydrogen-bond acceptors (Lipinski definition) is 1. The van der Waals surface area contributed by atoms with Crippen LogP contribution in [0.1, 0.15) is 13.8 Å². The first-order chi connectivity index (χ1) is 4.81. The van der Waals surface area contributed by atoms with Gasteiger partial charge in [-0.05, 0) is 0 Å². The Balaban J connectivity index is 4.07. The van der Waals surface area contributed by atoms with Gasteiger partial charge in [0.1, 0.15) is 0 Å². The fourth-order valence-corrected chi connectivity index (χ4v) is 1.74. The molecule has 0 unspecified atom stereocenters. The number of rotatable bonds is 2. The van der Waals surface area contributed by atoms with E-state index in [1.54, 1.807) is 0 Å². The van der Waals surface area contributed by atoms with E-state index in [0.717, 1.165) is 6.08 Å². The van der Waals surface area contributed by atoms with Gasteiger partial charge in [-0.2, -0.15) is 0 Å². The molecule has 64 valence electrons. The Morgan fingerprint density at radius 3 is 2.09 bits per heavy atom. The van der Waals surface area contributed by atoms with Crippen molar-refractivity contribution in [1.29, 1.82) is 0 Å². The van der Waals surface area contributed by atoms with Crippen LogP contribution >= 0.6 is 0 Å². The van der Waals surface area contributed by atoms with Gasteiger partial charge in [-0.3, -0.25) is 0 Å². The first kappa shape index (κ1) is 10.7. The fraction of sp³-hybridized carbons (Fsp3) is 0.500. The van der Waals surface area contributed by atoms with Crippen molar-refractivity contribution in [2.75, 3.05) is 0 Å². The Labute approximate surface area is 68.8 Å². The predicted molar refractivity (Wildman–Crippen MR) is 36.2 cm³/mol. The second kappa shape index (κ2) is 3.93. The molecule has 11 heavy (non-hydrogen) atoms. The second-order valence-electron chi connectivity index (χ2n) is 1.91. The van der Waals surface area contributed by atoms with E-state index in [2.05, 4.69) is 0 Å². The van der Waals surface area contributed by atoms with E-state index < -0.39 is 20.0 Å². The zero-order valence-electron chi connectivity index (χ0n) is 6.03. The monoisotopic (exact) mass is 232 g/mol. The molecule has 0 fully saturated rings. The molecule has 0 radical (unpaired) electrons. The zero-order chi connectivity index (χ0) is 9.07. The van der Waals surface area contributed by atoms with Crippen LogP contribution in [0.4, 0.5) is 13.2 Å². The molecule has 0 atom stereocenters. The molecular formula is C6H7F3OSe. The quantitative estimate of drug-likeness (QED) is 0.522. The van der Waals surface area contributed by atoms with E-state index in [-0.39, 0.29) is 10.3 Å². The van der Waals surface area contributed by atoms with Gasteiger partial charge in [0.2, 0.25) is 0 Å². The van der Waals surface area contributed by atoms with Crippen LogP contribution < -0.4 is 0 Å². The molecular weight excluding hydrogens is 224 g/mol. The Morgan fingerprint density at radius 2 is 1.82 bits per heavy atom. The summed E-state index contributed by atoms with van der Waals surface area (Å²) in [5.41, 5.74) is 0. The average molecular weight is 231 g/mol. The van der Waals surface area contributed by atoms with Crippen molar-refractivity contribution in [3.8, 4) is 0 Å². The van der Waals surface area contributed by atoms with Gasteiger partial charge in [-0.15, -0.1) is 0 Å². The maximum absolute atomic E-state index is 11.6. The van der Waals surface area contributed by atoms with Crippen molar-refractivity contribution < 1.29 is 18.0 Å². The number of carbonyl (C=O) groups is 1. The molecule has 5 heteroatoms. The van der Waals surface area contributed by atoms with Crippen LogP contribution in [0.25, 0.3) is 0 Å². The minimum atomic E-state index is -4.15. The molecule has 0 amide bonds. The standard InChI is InChI=1S/C6H7F3OSe/c1-4(10)3-5(2)11-6(7,8)9/h3H,1-2H3/b5-3+. The van der Waals surface area contributed by atoms with Crippen LogP contribution in [0.3, 0.4) is 0 Å². The van der Waals surface area contributed by atoms with Crippen molar-refractivity contribution in [1.82, 2.24) is 0 Å². The number of ketones is 1. The number of alkyl halides is 3. The number of halogens is 3. The molecule has 0 bridgehead atoms. The normalized spacial score (nSPS) is 13.4. The molecule has 0 spiro atoms. The molecule has 0 aromatic rings. The van der Waals surface area contributed by atoms with E-state index in [9.17, 15) is 18.0 Å². The summed E-state index contributed by atoms with van der Waals surface area (Å²) in [7, 11) is 0. The van der Waals surface area contributed by atoms with Crippen molar-refractivity contribution in [3.63, 3.8) is 0 Å². The van der Waals surface area contributed by atoms with Gasteiger partial charge in [0.15, 0.2) is 0 Å². The first-order valence-electron chi connectivity index (χ1n) is 2.76. The molecule has 0 aromatic heterocycles. The van der Waals surface area contributed by atoms with Gasteiger partial charge in [0.25, 0.3) is 0 Å². The van der Waals surface area contributed by atoms with Crippen molar-refractivity contribution in [3.05, 3.63) is 10.5 Å². The second-order valence-corrected chi connectivity index (χ2v) is 4.66. The summed E-state index contributed by atoms with van der Waals surface area (Å²) in [6.45, 7) is 2.55. The summed E-state index contributed by atoms with van der Waals surface area (Å²) >= 11 is -1.56. The van der Waals surface area contributed by atoms with Crippen LogP contribution in [-0.2, 0) is 4.79 Å². The fourth-order valence-electron chi connectivity index (χ4n) is 0.498. The van der Waals surface area contributed by atoms with Crippen LogP contribution in [0.2, 0.25) is 0 Å². The minimum absolute atomic E-state index is 0.109. The van der Waals surface area contributed by atoms with Crippen LogP contribution in [0, 0.1) is 0 Å². The third-order valence-electron chi connectivity index (χ3n) is 0.683. The van der Waals surface area contributed by atoms with Crippen LogP contribution in [-0.4, -0.2) is 25.8 Å². The molecule has 0 heterocycles. The Kier molecular flexibility index (Phi) is 3.83. The van der Waals surface area contributed by atoms with Crippen molar-refractivity contribution in [2.45, 2.75) is 18.9 Å². The van der Waals surface area contributed by atoms with Gasteiger partial charge < -0.3 is 0 Å². The topological polar surface area (TPSA) is 17.1 Å². The molecule has 0 rings (SSSR count). The van der Waals surface area contributed by atoms with Gasteiger partial charge in [0, 0.05) is 0 Å². The molecule has 0 aliphatic heterocycles. The molecule has 0 aliphatic rings. The Bertz CT molecular complexity index is 183. The number of hydrogen-bond donors (Lipinski definition) is 0. The summed E-state index contributed by atoms with van der Waals surface area (Å²) < 4.78 is 35.0. The summed E-state index contributed by atoms with van der Waals surface area (Å²) in [6, 6.07) is 0. The maximum atomic E-state index is 11.6. The van der Waals surface area contributed by atoms with E-state index >= 15 is 0 Å². The Morgan fingerprint density at radius 1 is 1.36 bits per heavy atom. The zero-order valence-corrected chi connectivity index (χ0v) is 7.74. The number of carbonyl (C=O) groups excluding carboxylic acids is 1. The SMILES string of the molecule is CC(=O)/C=C(\C)[Se]C(F)(F)F. The summed E-state index contributed by atoms with van der Waals surface area (Å²) in [5.74, 6) is -0.339. The van der Waals surface area contributed by atoms with E-state index in [1.807, 2.05) is 0 Å². The van der Waals surface area contributed by atoms with Crippen molar-refractivity contribution >= 4 is 20.7 Å². The Hall–Kier alpha value is -0.281. The number of allylic oxidation sites excluding steroid dienone is 2. The third kappa shape index (κ3) is 7.62. The molecule has 0 saturated heterocycles. The van der Waals surface area contributed by atoms with E-state index in [1.165, 1.54) is 13.8 Å². The summed E-state index contributed by atoms with van der Waals surface area (Å²) in [5, 5.41) is -4.15. The molecule has 0 N–H and O–H groups in total. The van der Waals surface area contributed by atoms with Gasteiger partial charge in [0.05, 0.1) is 0 Å². The van der Waals surface area contributed by atoms with E-state index in [0.29, 0.717) is 0 Å². The predicted octanol–water partition coefficient (Wildman–Crippen LogP) is 1.70. The first-order valence-corrected chi connectivity index (χ1v) is 4.47. The van der Waals surface area contributed by atoms with Gasteiger partial charge in [-0.1, -0.05) is 0 Å². The van der Waals surface area contributed by atoms with Crippen LogP contribution in [0.5, 0.6) is 0 Å². The van der Waals surface area contributed by atoms with Crippen LogP contribution in [0.15, 0.2) is 10.5 Å². The van der Waals surface area contributed by atoms with E-state index in [4.69, 9.17) is 0 Å². The summed E-state index contributed by atoms with van der Waals surface area (Å²) in [6.07, 6.45) is 1.02. The molecule has 1 nitrogen and oxygen atoms in total. The molecule has 0 saturated carbocycles. The molecule has 0 aliphatic carbocycles. The molecule has 0 aromatic carbocycles. The van der Waals surface area contributed by atoms with Gasteiger partial charge in [-0.25, -0.2) is 0 Å². The van der Waals surface area contributed by atoms with Gasteiger partial charge >= 0.3 is 68.2 Å². The summed E-state index contributed by atoms with van der Waals surface area (Å²) in [4.78, 5) is 10.3. The third-order valence-corrected chi connectivity index (χ3v) is 2.09. The average Bonchev–Trinajstić information content (AvgIpc) is 1.53. The van der Waals surface area contributed by atoms with Crippen molar-refractivity contribution in [2.24, 2.45) is 0 Å².